The number of aliphatic hydroxyl groups excluding tert-OH is 1. The van der Waals surface area contributed by atoms with E-state index in [2.05, 4.69) is 4.98 Å². The minimum absolute atomic E-state index is 0.0623. The van der Waals surface area contributed by atoms with Crippen molar-refractivity contribution in [2.24, 2.45) is 0 Å². The zero-order chi connectivity index (χ0) is 9.10. The summed E-state index contributed by atoms with van der Waals surface area (Å²) in [5.74, 6) is 1.71. The van der Waals surface area contributed by atoms with Crippen molar-refractivity contribution in [3.05, 3.63) is 30.4 Å². The van der Waals surface area contributed by atoms with Crippen LogP contribution in [0.15, 0.2) is 33.4 Å². The van der Waals surface area contributed by atoms with Gasteiger partial charge < -0.3 is 13.9 Å². The van der Waals surface area contributed by atoms with Crippen LogP contribution in [-0.4, -0.2) is 16.7 Å². The molecular formula is C9H9NO3. The number of aliphatic hydroxyl groups is 1. The molecule has 2 aromatic rings. The molecule has 68 valence electrons. The molecule has 0 saturated carbocycles. The Balaban J connectivity index is 2.23. The van der Waals surface area contributed by atoms with E-state index in [1.807, 2.05) is 0 Å². The van der Waals surface area contributed by atoms with Gasteiger partial charge in [0, 0.05) is 6.42 Å². The molecule has 2 rings (SSSR count). The lowest BCUT2D eigenvalue weighted by Crippen LogP contribution is -1.86. The number of hydrogen-bond donors (Lipinski definition) is 1. The molecule has 1 N–H and O–H groups in total. The van der Waals surface area contributed by atoms with Crippen molar-refractivity contribution in [2.45, 2.75) is 6.42 Å². The van der Waals surface area contributed by atoms with E-state index in [4.69, 9.17) is 13.9 Å². The molecule has 2 aromatic heterocycles. The highest BCUT2D eigenvalue weighted by molar-refractivity contribution is 5.43. The van der Waals surface area contributed by atoms with Crippen LogP contribution in [0.1, 0.15) is 5.76 Å². The van der Waals surface area contributed by atoms with E-state index in [-0.39, 0.29) is 6.61 Å². The van der Waals surface area contributed by atoms with E-state index in [1.165, 1.54) is 0 Å². The number of rotatable bonds is 3. The van der Waals surface area contributed by atoms with E-state index in [9.17, 15) is 0 Å². The van der Waals surface area contributed by atoms with Crippen molar-refractivity contribution in [3.8, 4) is 11.7 Å². The van der Waals surface area contributed by atoms with Gasteiger partial charge in [-0.2, -0.15) is 0 Å². The molecule has 13 heavy (non-hydrogen) atoms. The minimum Gasteiger partial charge on any atom is -0.459 e. The summed E-state index contributed by atoms with van der Waals surface area (Å²) < 4.78 is 10.4. The summed E-state index contributed by atoms with van der Waals surface area (Å²) in [5.41, 5.74) is 0. The second kappa shape index (κ2) is 3.45. The summed E-state index contributed by atoms with van der Waals surface area (Å²) in [7, 11) is 0. The predicted molar refractivity (Wildman–Crippen MR) is 45.0 cm³/mol. The van der Waals surface area contributed by atoms with E-state index in [0.717, 1.165) is 0 Å². The molecule has 4 heteroatoms. The Bertz CT molecular complexity index is 364. The largest absolute Gasteiger partial charge is 0.459 e. The van der Waals surface area contributed by atoms with Crippen molar-refractivity contribution < 1.29 is 13.9 Å². The molecule has 0 fully saturated rings. The highest BCUT2D eigenvalue weighted by Crippen LogP contribution is 2.19. The van der Waals surface area contributed by atoms with Crippen LogP contribution in [-0.2, 0) is 6.42 Å². The molecule has 0 bridgehead atoms. The van der Waals surface area contributed by atoms with Crippen LogP contribution in [0.25, 0.3) is 11.7 Å². The van der Waals surface area contributed by atoms with Crippen molar-refractivity contribution in [1.29, 1.82) is 0 Å². The van der Waals surface area contributed by atoms with Crippen LogP contribution in [0.5, 0.6) is 0 Å². The van der Waals surface area contributed by atoms with Crippen molar-refractivity contribution in [1.82, 2.24) is 4.98 Å². The lowest BCUT2D eigenvalue weighted by Gasteiger charge is -1.88. The quantitative estimate of drug-likeness (QED) is 0.775. The summed E-state index contributed by atoms with van der Waals surface area (Å²) in [6.07, 6.45) is 3.63. The van der Waals surface area contributed by atoms with Crippen LogP contribution >= 0.6 is 0 Å². The summed E-state index contributed by atoms with van der Waals surface area (Å²) in [4.78, 5) is 4.01. The first-order chi connectivity index (χ1) is 6.40. The molecule has 0 aliphatic carbocycles. The molecule has 0 atom stereocenters. The Hall–Kier alpha value is -1.55. The zero-order valence-electron chi connectivity index (χ0n) is 6.93. The SMILES string of the molecule is OCCc1cnc(-c2ccco2)o1. The number of aromatic nitrogens is 1. The van der Waals surface area contributed by atoms with Crippen molar-refractivity contribution in [3.63, 3.8) is 0 Å². The standard InChI is InChI=1S/C9H9NO3/c11-4-3-7-6-10-9(13-7)8-2-1-5-12-8/h1-2,5-6,11H,3-4H2. The monoisotopic (exact) mass is 179 g/mol. The van der Waals surface area contributed by atoms with Gasteiger partial charge in [-0.15, -0.1) is 0 Å². The predicted octanol–water partition coefficient (Wildman–Crippen LogP) is 1.47. The molecule has 0 saturated heterocycles. The van der Waals surface area contributed by atoms with Crippen LogP contribution in [0.3, 0.4) is 0 Å². The summed E-state index contributed by atoms with van der Waals surface area (Å²) in [6, 6.07) is 3.54. The fourth-order valence-corrected chi connectivity index (χ4v) is 1.05. The van der Waals surface area contributed by atoms with Crippen LogP contribution < -0.4 is 0 Å². The van der Waals surface area contributed by atoms with Gasteiger partial charge in [-0.05, 0) is 12.1 Å². The average molecular weight is 179 g/mol. The number of furan rings is 1. The van der Waals surface area contributed by atoms with Gasteiger partial charge in [0.1, 0.15) is 5.76 Å². The molecule has 0 amide bonds. The van der Waals surface area contributed by atoms with E-state index in [0.29, 0.717) is 23.8 Å². The molecular weight excluding hydrogens is 170 g/mol. The lowest BCUT2D eigenvalue weighted by atomic mass is 10.4. The maximum Gasteiger partial charge on any atom is 0.262 e. The third-order valence-electron chi connectivity index (χ3n) is 1.64. The Kier molecular flexibility index (Phi) is 2.14. The van der Waals surface area contributed by atoms with Gasteiger partial charge in [-0.25, -0.2) is 4.98 Å². The van der Waals surface area contributed by atoms with E-state index < -0.39 is 0 Å². The summed E-state index contributed by atoms with van der Waals surface area (Å²) in [5, 5.41) is 8.65. The Morgan fingerprint density at radius 2 is 2.38 bits per heavy atom. The van der Waals surface area contributed by atoms with Gasteiger partial charge >= 0.3 is 0 Å². The second-order valence-electron chi connectivity index (χ2n) is 2.58. The zero-order valence-corrected chi connectivity index (χ0v) is 6.93. The second-order valence-corrected chi connectivity index (χ2v) is 2.58. The molecule has 0 unspecified atom stereocenters. The Morgan fingerprint density at radius 3 is 3.08 bits per heavy atom. The normalized spacial score (nSPS) is 10.5. The Morgan fingerprint density at radius 1 is 1.46 bits per heavy atom. The Labute approximate surface area is 74.8 Å². The topological polar surface area (TPSA) is 59.4 Å². The van der Waals surface area contributed by atoms with Gasteiger partial charge in [-0.3, -0.25) is 0 Å². The van der Waals surface area contributed by atoms with E-state index >= 15 is 0 Å². The van der Waals surface area contributed by atoms with Gasteiger partial charge in [0.05, 0.1) is 19.1 Å². The average Bonchev–Trinajstić information content (AvgIpc) is 2.70. The molecule has 0 aliphatic heterocycles. The van der Waals surface area contributed by atoms with Gasteiger partial charge in [-0.1, -0.05) is 0 Å². The van der Waals surface area contributed by atoms with Gasteiger partial charge in [0.25, 0.3) is 5.89 Å². The van der Waals surface area contributed by atoms with Gasteiger partial charge in [0.15, 0.2) is 5.76 Å². The molecule has 0 radical (unpaired) electrons. The summed E-state index contributed by atoms with van der Waals surface area (Å²) in [6.45, 7) is 0.0623. The van der Waals surface area contributed by atoms with E-state index in [1.54, 1.807) is 24.6 Å². The fraction of sp³-hybridized carbons (Fsp3) is 0.222. The van der Waals surface area contributed by atoms with Crippen molar-refractivity contribution >= 4 is 0 Å². The third kappa shape index (κ3) is 1.62. The minimum atomic E-state index is 0.0623. The fourth-order valence-electron chi connectivity index (χ4n) is 1.05. The molecule has 0 spiro atoms. The first kappa shape index (κ1) is 8.07. The van der Waals surface area contributed by atoms with Crippen molar-refractivity contribution in [2.75, 3.05) is 6.61 Å². The van der Waals surface area contributed by atoms with Crippen LogP contribution in [0.4, 0.5) is 0 Å². The molecule has 0 aliphatic rings. The first-order valence-electron chi connectivity index (χ1n) is 3.99. The van der Waals surface area contributed by atoms with Crippen LogP contribution in [0, 0.1) is 0 Å². The number of nitrogens with zero attached hydrogens (tertiary/aromatic N) is 1. The molecule has 4 nitrogen and oxygen atoms in total. The summed E-state index contributed by atoms with van der Waals surface area (Å²) >= 11 is 0. The number of hydrogen-bond acceptors (Lipinski definition) is 4. The van der Waals surface area contributed by atoms with Crippen LogP contribution in [0.2, 0.25) is 0 Å². The van der Waals surface area contributed by atoms with Gasteiger partial charge in [0.2, 0.25) is 0 Å². The highest BCUT2D eigenvalue weighted by atomic mass is 16.4. The number of oxazole rings is 1. The maximum atomic E-state index is 8.65. The first-order valence-corrected chi connectivity index (χ1v) is 3.99. The third-order valence-corrected chi connectivity index (χ3v) is 1.64. The molecule has 0 aromatic carbocycles. The lowest BCUT2D eigenvalue weighted by molar-refractivity contribution is 0.288. The smallest absolute Gasteiger partial charge is 0.262 e. The highest BCUT2D eigenvalue weighted by Gasteiger charge is 2.07. The maximum absolute atomic E-state index is 8.65. The molecule has 2 heterocycles.